The van der Waals surface area contributed by atoms with Crippen molar-refractivity contribution >= 4 is 16.9 Å². The molecule has 0 amide bonds. The highest BCUT2D eigenvalue weighted by atomic mass is 16.5. The van der Waals surface area contributed by atoms with Gasteiger partial charge in [0.15, 0.2) is 0 Å². The summed E-state index contributed by atoms with van der Waals surface area (Å²) in [6.45, 7) is 6.61. The molecule has 0 saturated heterocycles. The van der Waals surface area contributed by atoms with Crippen LogP contribution in [0.25, 0.3) is 11.0 Å². The van der Waals surface area contributed by atoms with E-state index in [2.05, 4.69) is 28.4 Å². The first kappa shape index (κ1) is 12.4. The van der Waals surface area contributed by atoms with Gasteiger partial charge in [0.05, 0.1) is 12.0 Å². The average Bonchev–Trinajstić information content (AvgIpc) is 3.17. The first-order chi connectivity index (χ1) is 9.18. The molecule has 3 rings (SSSR count). The second-order valence-corrected chi connectivity index (χ2v) is 5.34. The van der Waals surface area contributed by atoms with E-state index in [9.17, 15) is 0 Å². The summed E-state index contributed by atoms with van der Waals surface area (Å²) in [4.78, 5) is 8.44. The van der Waals surface area contributed by atoms with E-state index in [0.717, 1.165) is 42.3 Å². The van der Waals surface area contributed by atoms with Crippen LogP contribution < -0.4 is 5.73 Å². The highest BCUT2D eigenvalue weighted by Crippen LogP contribution is 2.29. The standard InChI is InChI=1S/C14H20N4O/c1-9-10(2)18(5-6-19-7-11-3-4-11)14-12(9)13(15)16-8-17-14/h8,11H,3-7H2,1-2H3,(H2,15,16,17). The van der Waals surface area contributed by atoms with E-state index < -0.39 is 0 Å². The van der Waals surface area contributed by atoms with Gasteiger partial charge in [0.25, 0.3) is 0 Å². The second-order valence-electron chi connectivity index (χ2n) is 5.34. The number of nitrogens with zero attached hydrogens (tertiary/aromatic N) is 3. The summed E-state index contributed by atoms with van der Waals surface area (Å²) in [6, 6.07) is 0. The molecular formula is C14H20N4O. The molecule has 0 unspecified atom stereocenters. The maximum absolute atomic E-state index is 5.95. The summed E-state index contributed by atoms with van der Waals surface area (Å²) in [6.07, 6.45) is 4.18. The van der Waals surface area contributed by atoms with E-state index in [0.29, 0.717) is 5.82 Å². The van der Waals surface area contributed by atoms with Crippen LogP contribution in [0.4, 0.5) is 5.82 Å². The lowest BCUT2D eigenvalue weighted by Gasteiger charge is -2.08. The Kier molecular flexibility index (Phi) is 3.14. The average molecular weight is 260 g/mol. The van der Waals surface area contributed by atoms with E-state index in [1.54, 1.807) is 0 Å². The molecule has 0 radical (unpaired) electrons. The van der Waals surface area contributed by atoms with Gasteiger partial charge in [0.1, 0.15) is 17.8 Å². The SMILES string of the molecule is Cc1c(C)n(CCOCC2CC2)c2ncnc(N)c12. The van der Waals surface area contributed by atoms with Crippen LogP contribution >= 0.6 is 0 Å². The Hall–Kier alpha value is -1.62. The Labute approximate surface area is 112 Å². The molecule has 5 nitrogen and oxygen atoms in total. The summed E-state index contributed by atoms with van der Waals surface area (Å²) in [5.41, 5.74) is 9.21. The van der Waals surface area contributed by atoms with Gasteiger partial charge in [0, 0.05) is 18.8 Å². The Morgan fingerprint density at radius 3 is 2.89 bits per heavy atom. The monoisotopic (exact) mass is 260 g/mol. The molecule has 2 N–H and O–H groups in total. The van der Waals surface area contributed by atoms with Gasteiger partial charge in [-0.25, -0.2) is 9.97 Å². The van der Waals surface area contributed by atoms with Crippen LogP contribution in [0.15, 0.2) is 6.33 Å². The van der Waals surface area contributed by atoms with Crippen LogP contribution in [0.2, 0.25) is 0 Å². The first-order valence-corrected chi connectivity index (χ1v) is 6.82. The van der Waals surface area contributed by atoms with Crippen molar-refractivity contribution in [3.8, 4) is 0 Å². The molecule has 1 aliphatic carbocycles. The summed E-state index contributed by atoms with van der Waals surface area (Å²) in [5.74, 6) is 1.37. The molecule has 2 heterocycles. The van der Waals surface area contributed by atoms with Gasteiger partial charge in [-0.05, 0) is 38.2 Å². The second kappa shape index (κ2) is 4.81. The number of rotatable bonds is 5. The van der Waals surface area contributed by atoms with Gasteiger partial charge in [0.2, 0.25) is 0 Å². The van der Waals surface area contributed by atoms with Gasteiger partial charge in [-0.2, -0.15) is 0 Å². The molecule has 2 aromatic heterocycles. The van der Waals surface area contributed by atoms with Crippen molar-refractivity contribution in [1.29, 1.82) is 0 Å². The molecule has 1 saturated carbocycles. The third-order valence-corrected chi connectivity index (χ3v) is 3.94. The number of hydrogen-bond donors (Lipinski definition) is 1. The minimum absolute atomic E-state index is 0.559. The maximum atomic E-state index is 5.95. The van der Waals surface area contributed by atoms with E-state index in [-0.39, 0.29) is 0 Å². The molecule has 5 heteroatoms. The normalized spacial score (nSPS) is 15.3. The van der Waals surface area contributed by atoms with E-state index in [4.69, 9.17) is 10.5 Å². The van der Waals surface area contributed by atoms with Gasteiger partial charge < -0.3 is 15.0 Å². The number of hydrogen-bond acceptors (Lipinski definition) is 4. The van der Waals surface area contributed by atoms with Gasteiger partial charge in [-0.1, -0.05) is 0 Å². The minimum Gasteiger partial charge on any atom is -0.383 e. The number of fused-ring (bicyclic) bond motifs is 1. The molecule has 0 atom stereocenters. The van der Waals surface area contributed by atoms with E-state index in [1.807, 2.05) is 0 Å². The summed E-state index contributed by atoms with van der Waals surface area (Å²) in [5, 5.41) is 0.974. The van der Waals surface area contributed by atoms with Crippen LogP contribution in [0.3, 0.4) is 0 Å². The molecule has 0 aromatic carbocycles. The molecule has 0 spiro atoms. The number of anilines is 1. The van der Waals surface area contributed by atoms with Gasteiger partial charge >= 0.3 is 0 Å². The van der Waals surface area contributed by atoms with Crippen LogP contribution in [0.5, 0.6) is 0 Å². The Morgan fingerprint density at radius 2 is 2.16 bits per heavy atom. The topological polar surface area (TPSA) is 66.0 Å². The third-order valence-electron chi connectivity index (χ3n) is 3.94. The van der Waals surface area contributed by atoms with Crippen molar-refractivity contribution in [2.24, 2.45) is 5.92 Å². The summed E-state index contributed by atoms with van der Waals surface area (Å²) < 4.78 is 7.89. The van der Waals surface area contributed by atoms with E-state index in [1.165, 1.54) is 24.9 Å². The van der Waals surface area contributed by atoms with Crippen molar-refractivity contribution in [3.63, 3.8) is 0 Å². The van der Waals surface area contributed by atoms with Gasteiger partial charge in [-0.3, -0.25) is 0 Å². The molecule has 102 valence electrons. The number of nitrogen functional groups attached to an aromatic ring is 1. The fourth-order valence-electron chi connectivity index (χ4n) is 2.46. The molecule has 2 aromatic rings. The maximum Gasteiger partial charge on any atom is 0.146 e. The highest BCUT2D eigenvalue weighted by Gasteiger charge is 2.21. The molecular weight excluding hydrogens is 240 g/mol. The number of nitrogens with two attached hydrogens (primary N) is 1. The predicted octanol–water partition coefficient (Wildman–Crippen LogP) is 2.06. The van der Waals surface area contributed by atoms with Crippen molar-refractivity contribution in [2.45, 2.75) is 33.2 Å². The first-order valence-electron chi connectivity index (χ1n) is 6.82. The largest absolute Gasteiger partial charge is 0.383 e. The molecule has 1 aliphatic rings. The molecule has 19 heavy (non-hydrogen) atoms. The number of ether oxygens (including phenoxy) is 1. The Morgan fingerprint density at radius 1 is 1.37 bits per heavy atom. The lowest BCUT2D eigenvalue weighted by Crippen LogP contribution is -2.09. The van der Waals surface area contributed by atoms with E-state index >= 15 is 0 Å². The van der Waals surface area contributed by atoms with Crippen LogP contribution in [-0.2, 0) is 11.3 Å². The molecule has 0 bridgehead atoms. The fourth-order valence-corrected chi connectivity index (χ4v) is 2.46. The van der Waals surface area contributed by atoms with Crippen molar-refractivity contribution in [1.82, 2.24) is 14.5 Å². The smallest absolute Gasteiger partial charge is 0.146 e. The van der Waals surface area contributed by atoms with Crippen molar-refractivity contribution in [3.05, 3.63) is 17.6 Å². The van der Waals surface area contributed by atoms with Crippen molar-refractivity contribution < 1.29 is 4.74 Å². The van der Waals surface area contributed by atoms with Crippen LogP contribution in [0.1, 0.15) is 24.1 Å². The van der Waals surface area contributed by atoms with Crippen LogP contribution in [-0.4, -0.2) is 27.7 Å². The quantitative estimate of drug-likeness (QED) is 0.836. The lowest BCUT2D eigenvalue weighted by molar-refractivity contribution is 0.117. The Bertz CT molecular complexity index is 601. The number of aromatic nitrogens is 3. The molecule has 0 aliphatic heterocycles. The fraction of sp³-hybridized carbons (Fsp3) is 0.571. The predicted molar refractivity (Wildman–Crippen MR) is 75.0 cm³/mol. The molecule has 1 fully saturated rings. The van der Waals surface area contributed by atoms with Crippen LogP contribution in [0, 0.1) is 19.8 Å². The zero-order chi connectivity index (χ0) is 13.4. The summed E-state index contributed by atoms with van der Waals surface area (Å²) in [7, 11) is 0. The minimum atomic E-state index is 0.559. The Balaban J connectivity index is 1.81. The third kappa shape index (κ3) is 2.30. The highest BCUT2D eigenvalue weighted by molar-refractivity contribution is 5.90. The lowest BCUT2D eigenvalue weighted by atomic mass is 10.2. The van der Waals surface area contributed by atoms with Gasteiger partial charge in [-0.15, -0.1) is 0 Å². The number of aryl methyl sites for hydroxylation is 1. The zero-order valence-electron chi connectivity index (χ0n) is 11.5. The summed E-state index contributed by atoms with van der Waals surface area (Å²) >= 11 is 0. The zero-order valence-corrected chi connectivity index (χ0v) is 11.5. The van der Waals surface area contributed by atoms with Crippen molar-refractivity contribution in [2.75, 3.05) is 18.9 Å².